The van der Waals surface area contributed by atoms with Crippen molar-refractivity contribution in [2.24, 2.45) is 0 Å². The van der Waals surface area contributed by atoms with Gasteiger partial charge in [0.1, 0.15) is 34.9 Å². The molecule has 8 heteroatoms. The van der Waals surface area contributed by atoms with Gasteiger partial charge in [-0.1, -0.05) is 12.1 Å². The Balaban J connectivity index is 1.55. The van der Waals surface area contributed by atoms with E-state index in [-0.39, 0.29) is 30.3 Å². The predicted molar refractivity (Wildman–Crippen MR) is 107 cm³/mol. The third kappa shape index (κ3) is 4.18. The Bertz CT molecular complexity index is 1190. The van der Waals surface area contributed by atoms with Crippen molar-refractivity contribution in [3.8, 4) is 16.9 Å². The van der Waals surface area contributed by atoms with Crippen LogP contribution in [0.15, 0.2) is 65.0 Å². The highest BCUT2D eigenvalue weighted by molar-refractivity contribution is 7.17. The van der Waals surface area contributed by atoms with Crippen molar-refractivity contribution in [2.45, 2.75) is 12.6 Å². The zero-order chi connectivity index (χ0) is 20.4. The molecule has 29 heavy (non-hydrogen) atoms. The fourth-order valence-electron chi connectivity index (χ4n) is 2.94. The number of benzene rings is 2. The predicted octanol–water partition coefficient (Wildman–Crippen LogP) is 3.84. The van der Waals surface area contributed by atoms with E-state index < -0.39 is 6.10 Å². The number of aliphatic hydroxyl groups is 1. The number of rotatable bonds is 6. The fraction of sp³-hybridized carbons (Fsp3) is 0.143. The first kappa shape index (κ1) is 19.2. The van der Waals surface area contributed by atoms with Gasteiger partial charge in [-0.15, -0.1) is 11.3 Å². The van der Waals surface area contributed by atoms with Crippen LogP contribution in [0.3, 0.4) is 0 Å². The summed E-state index contributed by atoms with van der Waals surface area (Å²) >= 11 is 1.33. The summed E-state index contributed by atoms with van der Waals surface area (Å²) in [4.78, 5) is 17.8. The number of thiophene rings is 1. The van der Waals surface area contributed by atoms with E-state index in [1.54, 1.807) is 12.1 Å². The minimum Gasteiger partial charge on any atom is -0.491 e. The largest absolute Gasteiger partial charge is 0.491 e. The van der Waals surface area contributed by atoms with Gasteiger partial charge in [-0.25, -0.2) is 13.8 Å². The molecule has 0 saturated carbocycles. The van der Waals surface area contributed by atoms with Crippen LogP contribution in [0.4, 0.5) is 8.78 Å². The number of nitrogens with zero attached hydrogens (tertiary/aromatic N) is 2. The molecule has 148 valence electrons. The summed E-state index contributed by atoms with van der Waals surface area (Å²) in [6.45, 7) is -0.0771. The number of halogens is 2. The lowest BCUT2D eigenvalue weighted by molar-refractivity contribution is 0.0914. The number of fused-ring (bicyclic) bond motifs is 1. The van der Waals surface area contributed by atoms with Crippen LogP contribution in [0.25, 0.3) is 21.3 Å². The Morgan fingerprint density at radius 2 is 1.72 bits per heavy atom. The van der Waals surface area contributed by atoms with Crippen molar-refractivity contribution in [1.82, 2.24) is 9.55 Å². The number of hydrogen-bond donors (Lipinski definition) is 1. The molecule has 2 aromatic heterocycles. The first-order valence-corrected chi connectivity index (χ1v) is 9.68. The van der Waals surface area contributed by atoms with Crippen LogP contribution in [-0.4, -0.2) is 27.4 Å². The van der Waals surface area contributed by atoms with E-state index in [2.05, 4.69) is 4.98 Å². The maximum absolute atomic E-state index is 13.2. The van der Waals surface area contributed by atoms with Gasteiger partial charge in [0.15, 0.2) is 0 Å². The lowest BCUT2D eigenvalue weighted by atomic mass is 10.1. The summed E-state index contributed by atoms with van der Waals surface area (Å²) in [5, 5.41) is 12.5. The summed E-state index contributed by atoms with van der Waals surface area (Å²) in [6, 6.07) is 11.3. The van der Waals surface area contributed by atoms with Crippen LogP contribution >= 0.6 is 11.3 Å². The second kappa shape index (κ2) is 8.10. The highest BCUT2D eigenvalue weighted by Crippen LogP contribution is 2.30. The topological polar surface area (TPSA) is 64.4 Å². The normalized spacial score (nSPS) is 12.2. The maximum atomic E-state index is 13.2. The SMILES string of the molecule is O=c1c2c(-c3ccc(F)cc3)csc2ncn1C[C@H](O)COc1ccc(F)cc1. The van der Waals surface area contributed by atoms with E-state index in [0.29, 0.717) is 21.5 Å². The summed E-state index contributed by atoms with van der Waals surface area (Å²) in [6.07, 6.45) is 0.418. The summed E-state index contributed by atoms with van der Waals surface area (Å²) < 4.78 is 32.9. The zero-order valence-electron chi connectivity index (χ0n) is 15.1. The minimum absolute atomic E-state index is 0.0122. The molecule has 0 radical (unpaired) electrons. The van der Waals surface area contributed by atoms with Crippen molar-refractivity contribution in [3.05, 3.63) is 82.2 Å². The Morgan fingerprint density at radius 1 is 1.07 bits per heavy atom. The molecule has 5 nitrogen and oxygen atoms in total. The number of aromatic nitrogens is 2. The van der Waals surface area contributed by atoms with E-state index in [1.165, 1.54) is 58.6 Å². The molecule has 1 atom stereocenters. The summed E-state index contributed by atoms with van der Waals surface area (Å²) in [5.74, 6) is -0.313. The summed E-state index contributed by atoms with van der Waals surface area (Å²) in [5.41, 5.74) is 1.10. The standard InChI is InChI=1S/C21H16F2N2O3S/c22-14-3-1-13(2-4-14)18-11-29-20-19(18)21(27)25(12-24-20)9-16(26)10-28-17-7-5-15(23)6-8-17/h1-8,11-12,16,26H,9-10H2/t16-/m0/s1. The van der Waals surface area contributed by atoms with E-state index in [0.717, 1.165) is 5.56 Å². The highest BCUT2D eigenvalue weighted by atomic mass is 32.1. The Labute approximate surface area is 168 Å². The average Bonchev–Trinajstić information content (AvgIpc) is 3.15. The number of ether oxygens (including phenoxy) is 1. The molecular weight excluding hydrogens is 398 g/mol. The van der Waals surface area contributed by atoms with E-state index in [9.17, 15) is 18.7 Å². The highest BCUT2D eigenvalue weighted by Gasteiger charge is 2.15. The molecule has 4 rings (SSSR count). The molecule has 2 aromatic carbocycles. The maximum Gasteiger partial charge on any atom is 0.262 e. The molecule has 0 unspecified atom stereocenters. The van der Waals surface area contributed by atoms with Crippen LogP contribution in [0.1, 0.15) is 0 Å². The van der Waals surface area contributed by atoms with Crippen LogP contribution in [0.5, 0.6) is 5.75 Å². The quantitative estimate of drug-likeness (QED) is 0.521. The molecule has 0 aliphatic rings. The first-order chi connectivity index (χ1) is 14.0. The molecule has 0 amide bonds. The molecule has 1 N–H and O–H groups in total. The Kier molecular flexibility index (Phi) is 5.37. The third-order valence-electron chi connectivity index (χ3n) is 4.38. The number of aliphatic hydroxyl groups excluding tert-OH is 1. The fourth-order valence-corrected chi connectivity index (χ4v) is 3.85. The van der Waals surface area contributed by atoms with Gasteiger partial charge in [-0.2, -0.15) is 0 Å². The lowest BCUT2D eigenvalue weighted by Gasteiger charge is -2.14. The molecule has 0 aliphatic carbocycles. The second-order valence-corrected chi connectivity index (χ2v) is 7.32. The van der Waals surface area contributed by atoms with Crippen LogP contribution in [0.2, 0.25) is 0 Å². The second-order valence-electron chi connectivity index (χ2n) is 6.46. The van der Waals surface area contributed by atoms with E-state index >= 15 is 0 Å². The lowest BCUT2D eigenvalue weighted by Crippen LogP contribution is -2.30. The van der Waals surface area contributed by atoms with Gasteiger partial charge >= 0.3 is 0 Å². The molecular formula is C21H16F2N2O3S. The molecule has 0 bridgehead atoms. The van der Waals surface area contributed by atoms with Crippen LogP contribution in [0, 0.1) is 11.6 Å². The van der Waals surface area contributed by atoms with Gasteiger partial charge in [-0.3, -0.25) is 9.36 Å². The molecule has 2 heterocycles. The molecule has 0 saturated heterocycles. The molecule has 0 fully saturated rings. The zero-order valence-corrected chi connectivity index (χ0v) is 15.9. The van der Waals surface area contributed by atoms with Gasteiger partial charge in [0.2, 0.25) is 0 Å². The number of hydrogen-bond acceptors (Lipinski definition) is 5. The first-order valence-electron chi connectivity index (χ1n) is 8.80. The van der Waals surface area contributed by atoms with Crippen molar-refractivity contribution >= 4 is 21.6 Å². The molecule has 4 aromatic rings. The van der Waals surface area contributed by atoms with Crippen molar-refractivity contribution in [1.29, 1.82) is 0 Å². The van der Waals surface area contributed by atoms with Gasteiger partial charge in [0.25, 0.3) is 5.56 Å². The van der Waals surface area contributed by atoms with Gasteiger partial charge in [0.05, 0.1) is 18.3 Å². The smallest absolute Gasteiger partial charge is 0.262 e. The monoisotopic (exact) mass is 414 g/mol. The summed E-state index contributed by atoms with van der Waals surface area (Å²) in [7, 11) is 0. The Hall–Kier alpha value is -3.10. The molecule has 0 spiro atoms. The van der Waals surface area contributed by atoms with Crippen LogP contribution in [-0.2, 0) is 6.54 Å². The van der Waals surface area contributed by atoms with Gasteiger partial charge in [-0.05, 0) is 42.0 Å². The third-order valence-corrected chi connectivity index (χ3v) is 5.27. The van der Waals surface area contributed by atoms with Gasteiger partial charge in [0, 0.05) is 10.9 Å². The van der Waals surface area contributed by atoms with E-state index in [1.807, 2.05) is 5.38 Å². The molecule has 0 aliphatic heterocycles. The average molecular weight is 414 g/mol. The van der Waals surface area contributed by atoms with Crippen molar-refractivity contribution < 1.29 is 18.6 Å². The van der Waals surface area contributed by atoms with E-state index in [4.69, 9.17) is 4.74 Å². The van der Waals surface area contributed by atoms with Crippen LogP contribution < -0.4 is 10.3 Å². The van der Waals surface area contributed by atoms with Gasteiger partial charge < -0.3 is 9.84 Å². The van der Waals surface area contributed by atoms with Crippen molar-refractivity contribution in [3.63, 3.8) is 0 Å². The minimum atomic E-state index is -0.968. The Morgan fingerprint density at radius 3 is 2.41 bits per heavy atom. The van der Waals surface area contributed by atoms with Crippen molar-refractivity contribution in [2.75, 3.05) is 6.61 Å².